The number of methoxy groups -OCH3 is 1. The molecule has 2 aromatic carbocycles. The quantitative estimate of drug-likeness (QED) is 0.365. The van der Waals surface area contributed by atoms with Crippen LogP contribution in [0.5, 0.6) is 5.75 Å². The molecule has 0 aliphatic carbocycles. The van der Waals surface area contributed by atoms with Crippen LogP contribution in [0.2, 0.25) is 0 Å². The molecule has 0 fully saturated rings. The number of benzene rings is 2. The molecule has 0 aliphatic rings. The van der Waals surface area contributed by atoms with Crippen LogP contribution in [0.1, 0.15) is 38.8 Å². The molecule has 1 N–H and O–H groups in total. The number of nitrogens with zero attached hydrogens (tertiary/aromatic N) is 3. The molecule has 0 aliphatic heterocycles. The van der Waals surface area contributed by atoms with Crippen LogP contribution in [0.4, 0.5) is 11.4 Å². The van der Waals surface area contributed by atoms with E-state index in [1.54, 1.807) is 38.1 Å². The summed E-state index contributed by atoms with van der Waals surface area (Å²) in [6.07, 6.45) is 0.917. The summed E-state index contributed by atoms with van der Waals surface area (Å²) in [7, 11) is -2.52. The standard InChI is InChI=1S/C25H34N4O7S/c1-17-11-12-20(29(32)33)14-22(17)28(37(7,34)35)16-23(30)27(18(2)24(31)26-25(3,4)5)15-19-9-8-10-21(13-19)36-6/h8-14,18H,15-16H2,1-7H3,(H,26,31)/t18-/m0/s1. The smallest absolute Gasteiger partial charge is 0.271 e. The van der Waals surface area contributed by atoms with Crippen molar-refractivity contribution in [2.45, 2.75) is 52.7 Å². The maximum Gasteiger partial charge on any atom is 0.271 e. The van der Waals surface area contributed by atoms with Crippen molar-refractivity contribution in [1.29, 1.82) is 0 Å². The normalized spacial score (nSPS) is 12.4. The number of aryl methyl sites for hydroxylation is 1. The number of hydrogen-bond donors (Lipinski definition) is 1. The van der Waals surface area contributed by atoms with Crippen molar-refractivity contribution in [1.82, 2.24) is 10.2 Å². The molecule has 2 aromatic rings. The van der Waals surface area contributed by atoms with Crippen molar-refractivity contribution in [3.05, 3.63) is 63.7 Å². The topological polar surface area (TPSA) is 139 Å². The molecule has 0 saturated heterocycles. The first kappa shape index (κ1) is 29.6. The first-order valence-corrected chi connectivity index (χ1v) is 13.4. The van der Waals surface area contributed by atoms with Crippen LogP contribution < -0.4 is 14.4 Å². The lowest BCUT2D eigenvalue weighted by Gasteiger charge is -2.33. The fourth-order valence-electron chi connectivity index (χ4n) is 3.60. The highest BCUT2D eigenvalue weighted by molar-refractivity contribution is 7.92. The first-order valence-electron chi connectivity index (χ1n) is 11.5. The van der Waals surface area contributed by atoms with E-state index in [0.717, 1.165) is 16.6 Å². The number of nitrogens with one attached hydrogen (secondary N) is 1. The number of non-ortho nitro benzene ring substituents is 1. The number of carbonyl (C=O) groups is 2. The van der Waals surface area contributed by atoms with Gasteiger partial charge in [-0.15, -0.1) is 0 Å². The van der Waals surface area contributed by atoms with Crippen molar-refractivity contribution in [2.24, 2.45) is 0 Å². The summed E-state index contributed by atoms with van der Waals surface area (Å²) in [6, 6.07) is 9.80. The zero-order valence-electron chi connectivity index (χ0n) is 22.1. The van der Waals surface area contributed by atoms with Gasteiger partial charge in [0.1, 0.15) is 18.3 Å². The minimum absolute atomic E-state index is 0.000282. The Balaban J connectivity index is 2.51. The predicted molar refractivity (Wildman–Crippen MR) is 141 cm³/mol. The van der Waals surface area contributed by atoms with E-state index in [2.05, 4.69) is 5.32 Å². The van der Waals surface area contributed by atoms with Crippen molar-refractivity contribution in [3.8, 4) is 5.75 Å². The number of sulfonamides is 1. The maximum atomic E-state index is 13.6. The number of anilines is 1. The van der Waals surface area contributed by atoms with E-state index >= 15 is 0 Å². The summed E-state index contributed by atoms with van der Waals surface area (Å²) < 4.78 is 31.6. The van der Waals surface area contributed by atoms with E-state index in [9.17, 15) is 28.1 Å². The van der Waals surface area contributed by atoms with Gasteiger partial charge < -0.3 is 15.0 Å². The van der Waals surface area contributed by atoms with Gasteiger partial charge in [0.15, 0.2) is 0 Å². The van der Waals surface area contributed by atoms with Gasteiger partial charge in [0.25, 0.3) is 5.69 Å². The third-order valence-electron chi connectivity index (χ3n) is 5.50. The van der Waals surface area contributed by atoms with Crippen LogP contribution in [0.25, 0.3) is 0 Å². The summed E-state index contributed by atoms with van der Waals surface area (Å²) in [4.78, 5) is 38.6. The molecular weight excluding hydrogens is 500 g/mol. The number of carbonyl (C=O) groups excluding carboxylic acids is 2. The SMILES string of the molecule is COc1cccc(CN(C(=O)CN(c2cc([N+](=O)[O-])ccc2C)S(C)(=O)=O)[C@@H](C)C(=O)NC(C)(C)C)c1. The predicted octanol–water partition coefficient (Wildman–Crippen LogP) is 3.01. The Bertz CT molecular complexity index is 1270. The molecule has 0 aromatic heterocycles. The molecule has 1 atom stereocenters. The van der Waals surface area contributed by atoms with E-state index in [-0.39, 0.29) is 17.9 Å². The van der Waals surface area contributed by atoms with E-state index in [0.29, 0.717) is 16.9 Å². The zero-order valence-corrected chi connectivity index (χ0v) is 23.0. The molecule has 11 nitrogen and oxygen atoms in total. The van der Waals surface area contributed by atoms with Crippen LogP contribution in [0.3, 0.4) is 0 Å². The number of rotatable bonds is 10. The second kappa shape index (κ2) is 11.6. The molecule has 0 saturated carbocycles. The van der Waals surface area contributed by atoms with Crippen LogP contribution in [0.15, 0.2) is 42.5 Å². The Hall–Kier alpha value is -3.67. The summed E-state index contributed by atoms with van der Waals surface area (Å²) in [6.45, 7) is 7.92. The van der Waals surface area contributed by atoms with E-state index in [1.165, 1.54) is 24.1 Å². The molecule has 0 spiro atoms. The lowest BCUT2D eigenvalue weighted by molar-refractivity contribution is -0.384. The average molecular weight is 535 g/mol. The lowest BCUT2D eigenvalue weighted by Crippen LogP contribution is -2.54. The van der Waals surface area contributed by atoms with Crippen LogP contribution >= 0.6 is 0 Å². The van der Waals surface area contributed by atoms with Gasteiger partial charge in [-0.05, 0) is 57.9 Å². The summed E-state index contributed by atoms with van der Waals surface area (Å²) in [5.74, 6) is -0.515. The van der Waals surface area contributed by atoms with Crippen LogP contribution in [-0.2, 0) is 26.2 Å². The van der Waals surface area contributed by atoms with Gasteiger partial charge in [0, 0.05) is 24.2 Å². The third-order valence-corrected chi connectivity index (χ3v) is 6.63. The molecule has 0 heterocycles. The highest BCUT2D eigenvalue weighted by Crippen LogP contribution is 2.28. The van der Waals surface area contributed by atoms with Gasteiger partial charge >= 0.3 is 0 Å². The van der Waals surface area contributed by atoms with Gasteiger partial charge in [-0.3, -0.25) is 24.0 Å². The van der Waals surface area contributed by atoms with Crippen LogP contribution in [0, 0.1) is 17.0 Å². The van der Waals surface area contributed by atoms with E-state index < -0.39 is 44.9 Å². The first-order chi connectivity index (χ1) is 17.0. The number of amides is 2. The van der Waals surface area contributed by atoms with Crippen molar-refractivity contribution in [2.75, 3.05) is 24.2 Å². The van der Waals surface area contributed by atoms with Gasteiger partial charge in [-0.2, -0.15) is 0 Å². The Labute approximate surface area is 217 Å². The second-order valence-electron chi connectivity index (χ2n) is 9.79. The molecule has 0 radical (unpaired) electrons. The Morgan fingerprint density at radius 2 is 1.81 bits per heavy atom. The highest BCUT2D eigenvalue weighted by Gasteiger charge is 2.32. The summed E-state index contributed by atoms with van der Waals surface area (Å²) >= 11 is 0. The number of hydrogen-bond acceptors (Lipinski definition) is 7. The number of ether oxygens (including phenoxy) is 1. The Morgan fingerprint density at radius 3 is 2.35 bits per heavy atom. The molecule has 12 heteroatoms. The molecule has 0 unspecified atom stereocenters. The number of nitro groups is 1. The van der Waals surface area contributed by atoms with Crippen molar-refractivity contribution in [3.63, 3.8) is 0 Å². The average Bonchev–Trinajstić information content (AvgIpc) is 2.79. The minimum atomic E-state index is -4.03. The summed E-state index contributed by atoms with van der Waals surface area (Å²) in [5, 5.41) is 14.2. The van der Waals surface area contributed by atoms with Crippen LogP contribution in [-0.4, -0.2) is 61.5 Å². The molecule has 37 heavy (non-hydrogen) atoms. The fourth-order valence-corrected chi connectivity index (χ4v) is 4.50. The third kappa shape index (κ3) is 8.17. The van der Waals surface area contributed by atoms with Crippen molar-refractivity contribution < 1.29 is 27.7 Å². The van der Waals surface area contributed by atoms with E-state index in [4.69, 9.17) is 4.74 Å². The van der Waals surface area contributed by atoms with Gasteiger partial charge in [-0.25, -0.2) is 8.42 Å². The van der Waals surface area contributed by atoms with Gasteiger partial charge in [0.05, 0.1) is 24.0 Å². The van der Waals surface area contributed by atoms with Gasteiger partial charge in [-0.1, -0.05) is 18.2 Å². The molecule has 2 amide bonds. The van der Waals surface area contributed by atoms with E-state index in [1.807, 2.05) is 20.8 Å². The maximum absolute atomic E-state index is 13.6. The summed E-state index contributed by atoms with van der Waals surface area (Å²) in [5.41, 5.74) is 0.239. The Kier molecular flexibility index (Phi) is 9.26. The highest BCUT2D eigenvalue weighted by atomic mass is 32.2. The molecule has 2 rings (SSSR count). The fraction of sp³-hybridized carbons (Fsp3) is 0.440. The number of nitro benzene ring substituents is 1. The monoisotopic (exact) mass is 534 g/mol. The molecular formula is C25H34N4O7S. The minimum Gasteiger partial charge on any atom is -0.497 e. The largest absolute Gasteiger partial charge is 0.497 e. The Morgan fingerprint density at radius 1 is 1.16 bits per heavy atom. The van der Waals surface area contributed by atoms with Gasteiger partial charge in [0.2, 0.25) is 21.8 Å². The molecule has 0 bridgehead atoms. The molecule has 202 valence electrons. The van der Waals surface area contributed by atoms with Crippen molar-refractivity contribution >= 4 is 33.2 Å². The second-order valence-corrected chi connectivity index (χ2v) is 11.7. The lowest BCUT2D eigenvalue weighted by atomic mass is 10.1. The zero-order chi connectivity index (χ0) is 28.1.